The van der Waals surface area contributed by atoms with Crippen LogP contribution in [-0.4, -0.2) is 19.5 Å². The van der Waals surface area contributed by atoms with E-state index in [0.717, 1.165) is 40.2 Å². The molecule has 0 unspecified atom stereocenters. The summed E-state index contributed by atoms with van der Waals surface area (Å²) < 4.78 is 11.2. The summed E-state index contributed by atoms with van der Waals surface area (Å²) in [5.74, 6) is 1.57. The van der Waals surface area contributed by atoms with Gasteiger partial charge in [0.25, 0.3) is 0 Å². The van der Waals surface area contributed by atoms with Crippen LogP contribution in [0.25, 0.3) is 0 Å². The lowest BCUT2D eigenvalue weighted by atomic mass is 9.78. The fourth-order valence-corrected chi connectivity index (χ4v) is 4.97. The lowest BCUT2D eigenvalue weighted by molar-refractivity contribution is -0.116. The molecular formula is C28H27ClN2O3. The largest absolute Gasteiger partial charge is 0.493 e. The van der Waals surface area contributed by atoms with Gasteiger partial charge in [0, 0.05) is 22.7 Å². The number of benzene rings is 3. The summed E-state index contributed by atoms with van der Waals surface area (Å²) in [6.07, 6.45) is 1.15. The van der Waals surface area contributed by atoms with Crippen LogP contribution in [0.1, 0.15) is 42.9 Å². The van der Waals surface area contributed by atoms with Crippen LogP contribution in [0.15, 0.2) is 78.0 Å². The van der Waals surface area contributed by atoms with E-state index in [4.69, 9.17) is 21.1 Å². The Morgan fingerprint density at radius 3 is 2.41 bits per heavy atom. The van der Waals surface area contributed by atoms with Gasteiger partial charge in [-0.05, 0) is 66.8 Å². The highest BCUT2D eigenvalue weighted by Crippen LogP contribution is 2.45. The second-order valence-corrected chi connectivity index (χ2v) is 9.00. The second kappa shape index (κ2) is 9.43. The number of Topliss-reactive ketones (excluding diaryl/α,β-unsaturated/α-hetero) is 1. The monoisotopic (exact) mass is 474 g/mol. The molecule has 3 aromatic carbocycles. The number of methoxy groups -OCH3 is 1. The van der Waals surface area contributed by atoms with Gasteiger partial charge in [-0.2, -0.15) is 0 Å². The molecule has 0 radical (unpaired) electrons. The van der Waals surface area contributed by atoms with Crippen molar-refractivity contribution in [2.24, 2.45) is 0 Å². The summed E-state index contributed by atoms with van der Waals surface area (Å²) in [6, 6.07) is 21.5. The summed E-state index contributed by atoms with van der Waals surface area (Å²) in [4.78, 5) is 13.7. The van der Waals surface area contributed by atoms with Crippen LogP contribution in [-0.2, 0) is 4.79 Å². The number of rotatable bonds is 5. The number of ether oxygens (including phenoxy) is 2. The number of allylic oxidation sites excluding steroid dienone is 1. The van der Waals surface area contributed by atoms with E-state index in [2.05, 4.69) is 10.6 Å². The molecule has 0 saturated carbocycles. The van der Waals surface area contributed by atoms with Crippen molar-refractivity contribution < 1.29 is 14.3 Å². The van der Waals surface area contributed by atoms with E-state index >= 15 is 0 Å². The predicted octanol–water partition coefficient (Wildman–Crippen LogP) is 6.73. The molecule has 2 aliphatic rings. The number of para-hydroxylation sites is 2. The number of fused-ring (bicyclic) bond motifs is 1. The Balaban J connectivity index is 1.55. The molecule has 6 heteroatoms. The molecule has 0 aromatic heterocycles. The van der Waals surface area contributed by atoms with E-state index in [1.807, 2.05) is 73.7 Å². The summed E-state index contributed by atoms with van der Waals surface area (Å²) >= 11 is 6.14. The zero-order valence-electron chi connectivity index (χ0n) is 19.2. The van der Waals surface area contributed by atoms with Gasteiger partial charge < -0.3 is 20.1 Å². The number of hydrogen-bond acceptors (Lipinski definition) is 5. The molecule has 1 aliphatic carbocycles. The topological polar surface area (TPSA) is 59.6 Å². The smallest absolute Gasteiger partial charge is 0.163 e. The Morgan fingerprint density at radius 1 is 0.941 bits per heavy atom. The van der Waals surface area contributed by atoms with Crippen LogP contribution < -0.4 is 20.1 Å². The number of halogens is 1. The van der Waals surface area contributed by atoms with Crippen molar-refractivity contribution in [2.45, 2.75) is 31.7 Å². The normalized spacial score (nSPS) is 19.3. The van der Waals surface area contributed by atoms with Gasteiger partial charge in [0.15, 0.2) is 17.3 Å². The van der Waals surface area contributed by atoms with Crippen LogP contribution in [0.4, 0.5) is 11.4 Å². The Hall–Kier alpha value is -3.44. The SMILES string of the molecule is CCOc1ccc([C@H]2CC(=O)C3=C(C2)Nc2ccccc2N[C@@H]3c2ccc(Cl)cc2)cc1OC. The van der Waals surface area contributed by atoms with E-state index in [9.17, 15) is 4.79 Å². The maximum absolute atomic E-state index is 13.7. The van der Waals surface area contributed by atoms with Gasteiger partial charge in [-0.15, -0.1) is 0 Å². The fourth-order valence-electron chi connectivity index (χ4n) is 4.85. The lowest BCUT2D eigenvalue weighted by Gasteiger charge is -2.30. The van der Waals surface area contributed by atoms with Gasteiger partial charge in [0.05, 0.1) is 31.1 Å². The summed E-state index contributed by atoms with van der Waals surface area (Å²) in [5, 5.41) is 7.85. The molecule has 1 heterocycles. The molecule has 0 fully saturated rings. The van der Waals surface area contributed by atoms with E-state index in [1.165, 1.54) is 0 Å². The zero-order valence-corrected chi connectivity index (χ0v) is 20.0. The standard InChI is InChI=1S/C28H27ClN2O3/c1-3-34-25-13-10-18(16-26(25)33-2)19-14-23-27(24(32)15-19)28(17-8-11-20(29)12-9-17)31-22-7-5-4-6-21(22)30-23/h4-13,16,19,28,30-31H,3,14-15H2,1-2H3/t19-,28-/m1/s1. The molecule has 2 atom stereocenters. The van der Waals surface area contributed by atoms with E-state index in [0.29, 0.717) is 29.5 Å². The molecule has 2 N–H and O–H groups in total. The Kier molecular flexibility index (Phi) is 6.20. The first-order valence-electron chi connectivity index (χ1n) is 11.5. The molecule has 0 saturated heterocycles. The van der Waals surface area contributed by atoms with E-state index < -0.39 is 0 Å². The van der Waals surface area contributed by atoms with Crippen molar-refractivity contribution in [1.29, 1.82) is 0 Å². The van der Waals surface area contributed by atoms with Gasteiger partial charge in [-0.1, -0.05) is 41.9 Å². The molecule has 0 amide bonds. The number of carbonyl (C=O) groups is 1. The number of ketones is 1. The van der Waals surface area contributed by atoms with Crippen molar-refractivity contribution in [3.05, 3.63) is 94.1 Å². The van der Waals surface area contributed by atoms with E-state index in [-0.39, 0.29) is 17.7 Å². The Morgan fingerprint density at radius 2 is 1.68 bits per heavy atom. The van der Waals surface area contributed by atoms with Crippen molar-refractivity contribution in [3.8, 4) is 11.5 Å². The molecule has 0 bridgehead atoms. The Labute approximate surface area is 204 Å². The molecular weight excluding hydrogens is 448 g/mol. The predicted molar refractivity (Wildman–Crippen MR) is 136 cm³/mol. The number of nitrogens with one attached hydrogen (secondary N) is 2. The maximum Gasteiger partial charge on any atom is 0.163 e. The van der Waals surface area contributed by atoms with Crippen LogP contribution in [0, 0.1) is 0 Å². The summed E-state index contributed by atoms with van der Waals surface area (Å²) in [5.41, 5.74) is 5.73. The maximum atomic E-state index is 13.7. The quantitative estimate of drug-likeness (QED) is 0.429. The van der Waals surface area contributed by atoms with E-state index in [1.54, 1.807) is 7.11 Å². The lowest BCUT2D eigenvalue weighted by Crippen LogP contribution is -2.26. The minimum absolute atomic E-state index is 0.0412. The third-order valence-electron chi connectivity index (χ3n) is 6.47. The van der Waals surface area contributed by atoms with Crippen LogP contribution >= 0.6 is 11.6 Å². The number of hydrogen-bond donors (Lipinski definition) is 2. The van der Waals surface area contributed by atoms with Crippen LogP contribution in [0.3, 0.4) is 0 Å². The minimum Gasteiger partial charge on any atom is -0.493 e. The molecule has 1 aliphatic heterocycles. The molecule has 0 spiro atoms. The summed E-state index contributed by atoms with van der Waals surface area (Å²) in [6.45, 7) is 2.51. The van der Waals surface area contributed by atoms with Gasteiger partial charge in [0.1, 0.15) is 0 Å². The molecule has 3 aromatic rings. The van der Waals surface area contributed by atoms with Gasteiger partial charge in [0.2, 0.25) is 0 Å². The molecule has 5 rings (SSSR count). The Bertz CT molecular complexity index is 1250. The average Bonchev–Trinajstić information content (AvgIpc) is 3.02. The van der Waals surface area contributed by atoms with Crippen LogP contribution in [0.2, 0.25) is 5.02 Å². The second-order valence-electron chi connectivity index (χ2n) is 8.56. The number of carbonyl (C=O) groups excluding carboxylic acids is 1. The minimum atomic E-state index is -0.258. The third kappa shape index (κ3) is 4.24. The third-order valence-corrected chi connectivity index (χ3v) is 6.72. The van der Waals surface area contributed by atoms with Crippen LogP contribution in [0.5, 0.6) is 11.5 Å². The van der Waals surface area contributed by atoms with Crippen molar-refractivity contribution in [1.82, 2.24) is 0 Å². The fraction of sp³-hybridized carbons (Fsp3) is 0.250. The first-order chi connectivity index (χ1) is 16.6. The molecule has 174 valence electrons. The highest BCUT2D eigenvalue weighted by molar-refractivity contribution is 6.30. The molecule has 5 nitrogen and oxygen atoms in total. The molecule has 34 heavy (non-hydrogen) atoms. The average molecular weight is 475 g/mol. The van der Waals surface area contributed by atoms with Crippen molar-refractivity contribution in [3.63, 3.8) is 0 Å². The highest BCUT2D eigenvalue weighted by Gasteiger charge is 2.36. The van der Waals surface area contributed by atoms with Gasteiger partial charge in [-0.25, -0.2) is 0 Å². The zero-order chi connectivity index (χ0) is 23.7. The van der Waals surface area contributed by atoms with Crippen molar-refractivity contribution >= 4 is 28.8 Å². The van der Waals surface area contributed by atoms with Gasteiger partial charge in [-0.3, -0.25) is 4.79 Å². The van der Waals surface area contributed by atoms with Crippen molar-refractivity contribution in [2.75, 3.05) is 24.4 Å². The highest BCUT2D eigenvalue weighted by atomic mass is 35.5. The summed E-state index contributed by atoms with van der Waals surface area (Å²) in [7, 11) is 1.64. The van der Waals surface area contributed by atoms with Gasteiger partial charge >= 0.3 is 0 Å². The first kappa shape index (κ1) is 22.4. The number of anilines is 2. The first-order valence-corrected chi connectivity index (χ1v) is 11.9.